The Morgan fingerprint density at radius 1 is 0.778 bits per heavy atom. The zero-order chi connectivity index (χ0) is 19.7. The standard InChI is InChI=1S/C22H34O5/c1-19(2)18-27-22(24)15-11-6-4-3-5-10-14-21(23)26-17-16-25-20-12-8-7-9-13-20/h7-9,12-13,19H,3-6,10-11,14-18H2,1-2H3. The average molecular weight is 379 g/mol. The van der Waals surface area contributed by atoms with Crippen molar-refractivity contribution in [2.75, 3.05) is 19.8 Å². The minimum atomic E-state index is -0.167. The van der Waals surface area contributed by atoms with Gasteiger partial charge in [-0.1, -0.05) is 57.7 Å². The molecule has 5 heteroatoms. The number of hydrogen-bond donors (Lipinski definition) is 0. The van der Waals surface area contributed by atoms with Gasteiger partial charge in [-0.15, -0.1) is 0 Å². The fourth-order valence-electron chi connectivity index (χ4n) is 2.48. The van der Waals surface area contributed by atoms with Crippen molar-refractivity contribution in [2.24, 2.45) is 5.92 Å². The van der Waals surface area contributed by atoms with Crippen LogP contribution in [0.4, 0.5) is 0 Å². The molecule has 27 heavy (non-hydrogen) atoms. The lowest BCUT2D eigenvalue weighted by Gasteiger charge is -2.07. The third-order valence-electron chi connectivity index (χ3n) is 3.95. The Balaban J connectivity index is 1.86. The topological polar surface area (TPSA) is 61.8 Å². The zero-order valence-electron chi connectivity index (χ0n) is 16.8. The van der Waals surface area contributed by atoms with Crippen LogP contribution in [0.1, 0.15) is 65.2 Å². The van der Waals surface area contributed by atoms with Crippen molar-refractivity contribution < 1.29 is 23.8 Å². The monoisotopic (exact) mass is 378 g/mol. The van der Waals surface area contributed by atoms with Crippen LogP contribution in [0.3, 0.4) is 0 Å². The average Bonchev–Trinajstić information content (AvgIpc) is 2.66. The molecule has 0 atom stereocenters. The van der Waals surface area contributed by atoms with Gasteiger partial charge in [-0.3, -0.25) is 9.59 Å². The first-order valence-corrected chi connectivity index (χ1v) is 10.1. The maximum Gasteiger partial charge on any atom is 0.305 e. The maximum atomic E-state index is 11.6. The zero-order valence-corrected chi connectivity index (χ0v) is 16.8. The van der Waals surface area contributed by atoms with Gasteiger partial charge in [0.05, 0.1) is 6.61 Å². The molecule has 0 bridgehead atoms. The predicted octanol–water partition coefficient (Wildman–Crippen LogP) is 4.93. The number of carbonyl (C=O) groups excluding carboxylic acids is 2. The quantitative estimate of drug-likeness (QED) is 0.320. The van der Waals surface area contributed by atoms with E-state index in [1.54, 1.807) is 0 Å². The molecule has 0 fully saturated rings. The highest BCUT2D eigenvalue weighted by Crippen LogP contribution is 2.10. The van der Waals surface area contributed by atoms with Crippen LogP contribution < -0.4 is 4.74 Å². The highest BCUT2D eigenvalue weighted by molar-refractivity contribution is 5.69. The van der Waals surface area contributed by atoms with E-state index in [1.165, 1.54) is 0 Å². The molecule has 0 aliphatic carbocycles. The van der Waals surface area contributed by atoms with E-state index in [9.17, 15) is 9.59 Å². The molecule has 0 aromatic heterocycles. The maximum absolute atomic E-state index is 11.6. The second-order valence-corrected chi connectivity index (χ2v) is 7.08. The highest BCUT2D eigenvalue weighted by Gasteiger charge is 2.05. The van der Waals surface area contributed by atoms with Crippen LogP contribution in [0.15, 0.2) is 30.3 Å². The van der Waals surface area contributed by atoms with Gasteiger partial charge in [0.1, 0.15) is 19.0 Å². The van der Waals surface area contributed by atoms with E-state index in [0.717, 1.165) is 44.3 Å². The number of rotatable bonds is 15. The summed E-state index contributed by atoms with van der Waals surface area (Å²) >= 11 is 0. The fraction of sp³-hybridized carbons (Fsp3) is 0.636. The van der Waals surface area contributed by atoms with Crippen LogP contribution >= 0.6 is 0 Å². The first-order valence-electron chi connectivity index (χ1n) is 10.1. The Kier molecular flexibility index (Phi) is 12.8. The van der Waals surface area contributed by atoms with Crippen LogP contribution in [0.25, 0.3) is 0 Å². The summed E-state index contributed by atoms with van der Waals surface area (Å²) in [4.78, 5) is 23.1. The third kappa shape index (κ3) is 13.8. The fourth-order valence-corrected chi connectivity index (χ4v) is 2.48. The lowest BCUT2D eigenvalue weighted by atomic mass is 10.1. The second-order valence-electron chi connectivity index (χ2n) is 7.08. The molecule has 0 aliphatic rings. The minimum Gasteiger partial charge on any atom is -0.490 e. The van der Waals surface area contributed by atoms with Crippen molar-refractivity contribution in [2.45, 2.75) is 65.2 Å². The number of carbonyl (C=O) groups is 2. The molecule has 152 valence electrons. The molecule has 0 saturated heterocycles. The SMILES string of the molecule is CC(C)COC(=O)CCCCCCCCC(=O)OCCOc1ccccc1. The van der Waals surface area contributed by atoms with Crippen LogP contribution in [-0.4, -0.2) is 31.8 Å². The number of para-hydroxylation sites is 1. The first kappa shape index (κ1) is 23.0. The summed E-state index contributed by atoms with van der Waals surface area (Å²) in [5, 5.41) is 0. The number of ether oxygens (including phenoxy) is 3. The summed E-state index contributed by atoms with van der Waals surface area (Å²) in [6.07, 6.45) is 6.86. The van der Waals surface area contributed by atoms with Gasteiger partial charge in [-0.05, 0) is 30.9 Å². The molecule has 0 radical (unpaired) electrons. The molecule has 0 aliphatic heterocycles. The van der Waals surface area contributed by atoms with Crippen LogP contribution in [0.2, 0.25) is 0 Å². The number of unbranched alkanes of at least 4 members (excludes halogenated alkanes) is 5. The van der Waals surface area contributed by atoms with Crippen molar-refractivity contribution in [3.05, 3.63) is 30.3 Å². The number of esters is 2. The van der Waals surface area contributed by atoms with Crippen LogP contribution in [0, 0.1) is 5.92 Å². The Bertz CT molecular complexity index is 513. The summed E-state index contributed by atoms with van der Waals surface area (Å²) in [5.74, 6) is 0.904. The molecule has 0 unspecified atom stereocenters. The van der Waals surface area contributed by atoms with Crippen LogP contribution in [0.5, 0.6) is 5.75 Å². The molecule has 0 saturated carbocycles. The third-order valence-corrected chi connectivity index (χ3v) is 3.95. The highest BCUT2D eigenvalue weighted by atomic mass is 16.6. The van der Waals surface area contributed by atoms with Crippen molar-refractivity contribution in [3.8, 4) is 5.75 Å². The van der Waals surface area contributed by atoms with Crippen molar-refractivity contribution in [1.29, 1.82) is 0 Å². The van der Waals surface area contributed by atoms with Gasteiger partial charge in [-0.25, -0.2) is 0 Å². The molecular formula is C22H34O5. The Morgan fingerprint density at radius 2 is 1.33 bits per heavy atom. The molecule has 1 aromatic rings. The van der Waals surface area contributed by atoms with Gasteiger partial charge < -0.3 is 14.2 Å². The molecular weight excluding hydrogens is 344 g/mol. The lowest BCUT2D eigenvalue weighted by Crippen LogP contribution is -2.11. The summed E-state index contributed by atoms with van der Waals surface area (Å²) < 4.78 is 15.8. The van der Waals surface area contributed by atoms with Gasteiger partial charge in [0.25, 0.3) is 0 Å². The summed E-state index contributed by atoms with van der Waals surface area (Å²) in [5.41, 5.74) is 0. The van der Waals surface area contributed by atoms with Gasteiger partial charge in [0.15, 0.2) is 0 Å². The smallest absolute Gasteiger partial charge is 0.305 e. The van der Waals surface area contributed by atoms with E-state index < -0.39 is 0 Å². The van der Waals surface area contributed by atoms with Gasteiger partial charge >= 0.3 is 11.9 Å². The Labute approximate surface area is 163 Å². The molecule has 0 heterocycles. The van der Waals surface area contributed by atoms with Crippen molar-refractivity contribution >= 4 is 11.9 Å². The van der Waals surface area contributed by atoms with E-state index >= 15 is 0 Å². The minimum absolute atomic E-state index is 0.0947. The molecule has 0 amide bonds. The normalized spacial score (nSPS) is 10.6. The second kappa shape index (κ2) is 15.1. The summed E-state index contributed by atoms with van der Waals surface area (Å²) in [6.45, 7) is 5.21. The largest absolute Gasteiger partial charge is 0.490 e. The van der Waals surface area contributed by atoms with Gasteiger partial charge in [0, 0.05) is 12.8 Å². The lowest BCUT2D eigenvalue weighted by molar-refractivity contribution is -0.145. The van der Waals surface area contributed by atoms with E-state index in [4.69, 9.17) is 14.2 Å². The Morgan fingerprint density at radius 3 is 1.93 bits per heavy atom. The summed E-state index contributed by atoms with van der Waals surface area (Å²) in [7, 11) is 0. The predicted molar refractivity (Wildman–Crippen MR) is 106 cm³/mol. The first-order chi connectivity index (χ1) is 13.1. The van der Waals surface area contributed by atoms with Crippen LogP contribution in [-0.2, 0) is 19.1 Å². The molecule has 5 nitrogen and oxygen atoms in total. The van der Waals surface area contributed by atoms with Gasteiger partial charge in [-0.2, -0.15) is 0 Å². The molecule has 1 rings (SSSR count). The number of benzene rings is 1. The van der Waals surface area contributed by atoms with E-state index in [-0.39, 0.29) is 18.5 Å². The van der Waals surface area contributed by atoms with Crippen molar-refractivity contribution in [1.82, 2.24) is 0 Å². The summed E-state index contributed by atoms with van der Waals surface area (Å²) in [6, 6.07) is 9.47. The molecule has 0 N–H and O–H groups in total. The van der Waals surface area contributed by atoms with Gasteiger partial charge in [0.2, 0.25) is 0 Å². The molecule has 1 aromatic carbocycles. The van der Waals surface area contributed by atoms with Crippen molar-refractivity contribution in [3.63, 3.8) is 0 Å². The van der Waals surface area contributed by atoms with E-state index in [1.807, 2.05) is 44.2 Å². The van der Waals surface area contributed by atoms with E-state index in [0.29, 0.717) is 32.0 Å². The Hall–Kier alpha value is -2.04. The number of hydrogen-bond acceptors (Lipinski definition) is 5. The van der Waals surface area contributed by atoms with E-state index in [2.05, 4.69) is 0 Å². The molecule has 0 spiro atoms.